The summed E-state index contributed by atoms with van der Waals surface area (Å²) in [6.07, 6.45) is 0.0246. The molecule has 70 valence electrons. The van der Waals surface area contributed by atoms with Gasteiger partial charge in [0.25, 0.3) is 0 Å². The molecule has 1 aliphatic rings. The molecule has 0 saturated heterocycles. The minimum absolute atomic E-state index is 0.0246. The normalized spacial score (nSPS) is 19.9. The Kier molecular flexibility index (Phi) is 1.69. The van der Waals surface area contributed by atoms with E-state index in [1.807, 2.05) is 6.92 Å². The number of nitrogen functional groups attached to an aromatic ring is 2. The van der Waals surface area contributed by atoms with Gasteiger partial charge in [-0.15, -0.1) is 0 Å². The van der Waals surface area contributed by atoms with E-state index in [4.69, 9.17) is 20.9 Å². The second-order valence-electron chi connectivity index (χ2n) is 3.14. The summed E-state index contributed by atoms with van der Waals surface area (Å²) in [4.78, 5) is 0. The maximum atomic E-state index is 5.71. The van der Waals surface area contributed by atoms with Crippen LogP contribution in [0.2, 0.25) is 0 Å². The number of hydrogen-bond donors (Lipinski definition) is 2. The maximum absolute atomic E-state index is 5.71. The van der Waals surface area contributed by atoms with Gasteiger partial charge in [0.15, 0.2) is 11.5 Å². The summed E-state index contributed by atoms with van der Waals surface area (Å²) in [6.45, 7) is 2.44. The Balaban J connectivity index is 2.51. The lowest BCUT2D eigenvalue weighted by Gasteiger charge is -2.25. The summed E-state index contributed by atoms with van der Waals surface area (Å²) in [6, 6.07) is 3.43. The van der Waals surface area contributed by atoms with E-state index in [0.717, 1.165) is 0 Å². The minimum atomic E-state index is 0.0246. The lowest BCUT2D eigenvalue weighted by atomic mass is 10.2. The van der Waals surface area contributed by atoms with Gasteiger partial charge in [0, 0.05) is 0 Å². The minimum Gasteiger partial charge on any atom is -0.484 e. The molecule has 1 heterocycles. The van der Waals surface area contributed by atoms with Crippen molar-refractivity contribution in [2.24, 2.45) is 0 Å². The Bertz CT molecular complexity index is 339. The molecule has 0 aliphatic carbocycles. The SMILES string of the molecule is C[C@H]1COc2c(N)ccc(N)c2O1. The third kappa shape index (κ3) is 1.24. The van der Waals surface area contributed by atoms with E-state index < -0.39 is 0 Å². The highest BCUT2D eigenvalue weighted by Gasteiger charge is 2.21. The summed E-state index contributed by atoms with van der Waals surface area (Å²) in [5, 5.41) is 0. The summed E-state index contributed by atoms with van der Waals surface area (Å²) in [7, 11) is 0. The lowest BCUT2D eigenvalue weighted by Crippen LogP contribution is -2.26. The molecular formula is C9H12N2O2. The first-order valence-corrected chi connectivity index (χ1v) is 4.16. The standard InChI is InChI=1S/C9H12N2O2/c1-5-4-12-8-6(10)2-3-7(11)9(8)13-5/h2-3,5H,4,10-11H2,1H3/t5-/m0/s1. The van der Waals surface area contributed by atoms with Crippen molar-refractivity contribution in [2.75, 3.05) is 18.1 Å². The van der Waals surface area contributed by atoms with Gasteiger partial charge in [-0.3, -0.25) is 0 Å². The highest BCUT2D eigenvalue weighted by molar-refractivity contribution is 5.71. The van der Waals surface area contributed by atoms with Gasteiger partial charge in [-0.2, -0.15) is 0 Å². The second kappa shape index (κ2) is 2.73. The van der Waals surface area contributed by atoms with E-state index in [1.54, 1.807) is 12.1 Å². The molecule has 13 heavy (non-hydrogen) atoms. The molecular weight excluding hydrogens is 168 g/mol. The Hall–Kier alpha value is -1.58. The molecule has 4 N–H and O–H groups in total. The number of fused-ring (bicyclic) bond motifs is 1. The van der Waals surface area contributed by atoms with Crippen molar-refractivity contribution in [2.45, 2.75) is 13.0 Å². The largest absolute Gasteiger partial charge is 0.484 e. The molecule has 4 nitrogen and oxygen atoms in total. The first kappa shape index (κ1) is 8.04. The van der Waals surface area contributed by atoms with Crippen LogP contribution < -0.4 is 20.9 Å². The predicted octanol–water partition coefficient (Wildman–Crippen LogP) is 1.01. The van der Waals surface area contributed by atoms with Crippen LogP contribution in [0.25, 0.3) is 0 Å². The molecule has 1 aromatic carbocycles. The average Bonchev–Trinajstić information content (AvgIpc) is 2.12. The average molecular weight is 180 g/mol. The van der Waals surface area contributed by atoms with Crippen LogP contribution in [0.15, 0.2) is 12.1 Å². The Morgan fingerprint density at radius 3 is 2.54 bits per heavy atom. The third-order valence-corrected chi connectivity index (χ3v) is 1.95. The molecule has 0 aromatic heterocycles. The Morgan fingerprint density at radius 2 is 1.85 bits per heavy atom. The number of hydrogen-bond acceptors (Lipinski definition) is 4. The summed E-state index contributed by atoms with van der Waals surface area (Å²) >= 11 is 0. The van der Waals surface area contributed by atoms with Gasteiger partial charge in [0.05, 0.1) is 11.4 Å². The van der Waals surface area contributed by atoms with Crippen LogP contribution in [-0.2, 0) is 0 Å². The van der Waals surface area contributed by atoms with Crippen molar-refractivity contribution in [1.82, 2.24) is 0 Å². The number of nitrogens with two attached hydrogens (primary N) is 2. The zero-order chi connectivity index (χ0) is 9.42. The fourth-order valence-electron chi connectivity index (χ4n) is 1.30. The van der Waals surface area contributed by atoms with Gasteiger partial charge in [-0.1, -0.05) is 0 Å². The van der Waals surface area contributed by atoms with Crippen molar-refractivity contribution in [3.63, 3.8) is 0 Å². The summed E-state index contributed by atoms with van der Waals surface area (Å²) in [5.74, 6) is 1.14. The van der Waals surface area contributed by atoms with E-state index in [0.29, 0.717) is 29.5 Å². The molecule has 1 aliphatic heterocycles. The number of rotatable bonds is 0. The topological polar surface area (TPSA) is 70.5 Å². The van der Waals surface area contributed by atoms with Crippen molar-refractivity contribution in [1.29, 1.82) is 0 Å². The highest BCUT2D eigenvalue weighted by Crippen LogP contribution is 2.41. The molecule has 1 aromatic rings. The molecule has 0 bridgehead atoms. The summed E-state index contributed by atoms with van der Waals surface area (Å²) in [5.41, 5.74) is 12.5. The van der Waals surface area contributed by atoms with Crippen LogP contribution in [0.3, 0.4) is 0 Å². The second-order valence-corrected chi connectivity index (χ2v) is 3.14. The zero-order valence-corrected chi connectivity index (χ0v) is 7.41. The molecule has 0 radical (unpaired) electrons. The number of ether oxygens (including phenoxy) is 2. The van der Waals surface area contributed by atoms with Gasteiger partial charge >= 0.3 is 0 Å². The van der Waals surface area contributed by atoms with Crippen LogP contribution >= 0.6 is 0 Å². The first-order valence-electron chi connectivity index (χ1n) is 4.16. The van der Waals surface area contributed by atoms with E-state index in [9.17, 15) is 0 Å². The van der Waals surface area contributed by atoms with Crippen molar-refractivity contribution < 1.29 is 9.47 Å². The lowest BCUT2D eigenvalue weighted by molar-refractivity contribution is 0.106. The molecule has 1 atom stereocenters. The van der Waals surface area contributed by atoms with E-state index in [2.05, 4.69) is 0 Å². The Morgan fingerprint density at radius 1 is 1.23 bits per heavy atom. The number of anilines is 2. The fourth-order valence-corrected chi connectivity index (χ4v) is 1.30. The quantitative estimate of drug-likeness (QED) is 0.584. The van der Waals surface area contributed by atoms with Gasteiger partial charge < -0.3 is 20.9 Å². The van der Waals surface area contributed by atoms with Gasteiger partial charge in [0.1, 0.15) is 12.7 Å². The zero-order valence-electron chi connectivity index (χ0n) is 7.41. The molecule has 0 saturated carbocycles. The van der Waals surface area contributed by atoms with E-state index >= 15 is 0 Å². The summed E-state index contributed by atoms with van der Waals surface area (Å²) < 4.78 is 10.9. The van der Waals surface area contributed by atoms with Gasteiger partial charge in [-0.05, 0) is 19.1 Å². The molecule has 0 amide bonds. The van der Waals surface area contributed by atoms with E-state index in [-0.39, 0.29) is 6.10 Å². The smallest absolute Gasteiger partial charge is 0.186 e. The fraction of sp³-hybridized carbons (Fsp3) is 0.333. The molecule has 0 spiro atoms. The first-order chi connectivity index (χ1) is 6.18. The van der Waals surface area contributed by atoms with Crippen LogP contribution in [0.1, 0.15) is 6.92 Å². The van der Waals surface area contributed by atoms with Crippen LogP contribution in [0.5, 0.6) is 11.5 Å². The molecule has 0 unspecified atom stereocenters. The molecule has 2 rings (SSSR count). The van der Waals surface area contributed by atoms with Gasteiger partial charge in [-0.25, -0.2) is 0 Å². The Labute approximate surface area is 76.4 Å². The number of benzene rings is 1. The van der Waals surface area contributed by atoms with Crippen molar-refractivity contribution >= 4 is 11.4 Å². The monoisotopic (exact) mass is 180 g/mol. The predicted molar refractivity (Wildman–Crippen MR) is 50.9 cm³/mol. The van der Waals surface area contributed by atoms with Crippen LogP contribution in [0, 0.1) is 0 Å². The third-order valence-electron chi connectivity index (χ3n) is 1.95. The molecule has 4 heteroatoms. The van der Waals surface area contributed by atoms with Crippen molar-refractivity contribution in [3.8, 4) is 11.5 Å². The van der Waals surface area contributed by atoms with Crippen LogP contribution in [-0.4, -0.2) is 12.7 Å². The van der Waals surface area contributed by atoms with Crippen LogP contribution in [0.4, 0.5) is 11.4 Å². The maximum Gasteiger partial charge on any atom is 0.186 e. The van der Waals surface area contributed by atoms with E-state index in [1.165, 1.54) is 0 Å². The molecule has 0 fully saturated rings. The highest BCUT2D eigenvalue weighted by atomic mass is 16.6. The van der Waals surface area contributed by atoms with Gasteiger partial charge in [0.2, 0.25) is 0 Å². The van der Waals surface area contributed by atoms with Crippen molar-refractivity contribution in [3.05, 3.63) is 12.1 Å².